The molecule has 0 aromatic heterocycles. The van der Waals surface area contributed by atoms with Gasteiger partial charge in [0.25, 0.3) is 0 Å². The minimum Gasteiger partial charge on any atom is -0.359 e. The van der Waals surface area contributed by atoms with Crippen molar-refractivity contribution in [3.63, 3.8) is 0 Å². The standard InChI is InChI=1S/C11H11N2/c1-2-4-11(5-3-1)10-13-8-6-12-7-9-13/h1-7H,8,10H2. The maximum Gasteiger partial charge on any atom is 0.0812 e. The monoisotopic (exact) mass is 171 g/mol. The smallest absolute Gasteiger partial charge is 0.0812 e. The first kappa shape index (κ1) is 8.05. The first-order valence-corrected chi connectivity index (χ1v) is 4.33. The van der Waals surface area contributed by atoms with E-state index in [1.165, 1.54) is 5.56 Å². The molecule has 0 saturated heterocycles. The fourth-order valence-electron chi connectivity index (χ4n) is 1.28. The van der Waals surface area contributed by atoms with Crippen molar-refractivity contribution in [3.8, 4) is 0 Å². The van der Waals surface area contributed by atoms with Crippen LogP contribution < -0.4 is 0 Å². The van der Waals surface area contributed by atoms with Crippen LogP contribution in [0.15, 0.2) is 41.5 Å². The van der Waals surface area contributed by atoms with Crippen molar-refractivity contribution >= 4 is 6.21 Å². The van der Waals surface area contributed by atoms with Gasteiger partial charge in [0.2, 0.25) is 0 Å². The molecule has 1 aromatic rings. The van der Waals surface area contributed by atoms with Gasteiger partial charge in [-0.2, -0.15) is 0 Å². The van der Waals surface area contributed by atoms with Gasteiger partial charge >= 0.3 is 0 Å². The molecule has 0 N–H and O–H groups in total. The van der Waals surface area contributed by atoms with Crippen LogP contribution >= 0.6 is 0 Å². The summed E-state index contributed by atoms with van der Waals surface area (Å²) in [4.78, 5) is 6.07. The van der Waals surface area contributed by atoms with Crippen LogP contribution in [0, 0.1) is 6.20 Å². The zero-order valence-electron chi connectivity index (χ0n) is 7.35. The van der Waals surface area contributed by atoms with Gasteiger partial charge in [0.15, 0.2) is 0 Å². The fourth-order valence-corrected chi connectivity index (χ4v) is 1.28. The molecule has 0 unspecified atom stereocenters. The van der Waals surface area contributed by atoms with Gasteiger partial charge < -0.3 is 4.90 Å². The number of aliphatic imine (C=N–C) groups is 1. The van der Waals surface area contributed by atoms with Crippen molar-refractivity contribution in [2.24, 2.45) is 4.99 Å². The number of hydrogen-bond acceptors (Lipinski definition) is 2. The van der Waals surface area contributed by atoms with Crippen LogP contribution in [0.3, 0.4) is 0 Å². The highest BCUT2D eigenvalue weighted by atomic mass is 15.1. The van der Waals surface area contributed by atoms with E-state index in [9.17, 15) is 0 Å². The molecule has 0 fully saturated rings. The summed E-state index contributed by atoms with van der Waals surface area (Å²) in [5, 5.41) is 0. The first-order valence-electron chi connectivity index (χ1n) is 4.33. The predicted molar refractivity (Wildman–Crippen MR) is 53.2 cm³/mol. The zero-order chi connectivity index (χ0) is 8.93. The summed E-state index contributed by atoms with van der Waals surface area (Å²) in [7, 11) is 0. The van der Waals surface area contributed by atoms with Crippen molar-refractivity contribution in [3.05, 3.63) is 48.3 Å². The van der Waals surface area contributed by atoms with E-state index in [0.717, 1.165) is 13.1 Å². The van der Waals surface area contributed by atoms with Crippen LogP contribution in [-0.4, -0.2) is 17.7 Å². The van der Waals surface area contributed by atoms with E-state index in [1.54, 1.807) is 6.20 Å². The van der Waals surface area contributed by atoms with Gasteiger partial charge in [-0.25, -0.2) is 0 Å². The summed E-state index contributed by atoms with van der Waals surface area (Å²) in [5.41, 5.74) is 1.30. The van der Waals surface area contributed by atoms with Crippen LogP contribution in [0.25, 0.3) is 0 Å². The Bertz CT molecular complexity index is 314. The van der Waals surface area contributed by atoms with Gasteiger partial charge in [-0.3, -0.25) is 4.99 Å². The molecule has 1 radical (unpaired) electrons. The van der Waals surface area contributed by atoms with Gasteiger partial charge in [0.1, 0.15) is 0 Å². The van der Waals surface area contributed by atoms with E-state index in [-0.39, 0.29) is 0 Å². The van der Waals surface area contributed by atoms with Crippen molar-refractivity contribution in [2.75, 3.05) is 6.54 Å². The number of benzene rings is 1. The lowest BCUT2D eigenvalue weighted by molar-refractivity contribution is 0.399. The van der Waals surface area contributed by atoms with Crippen LogP contribution in [0.1, 0.15) is 5.56 Å². The lowest BCUT2D eigenvalue weighted by atomic mass is 10.2. The molecule has 1 aliphatic rings. The highest BCUT2D eigenvalue weighted by Crippen LogP contribution is 2.04. The molecule has 0 saturated carbocycles. The van der Waals surface area contributed by atoms with E-state index in [4.69, 9.17) is 0 Å². The van der Waals surface area contributed by atoms with Crippen LogP contribution in [-0.2, 0) is 6.54 Å². The Morgan fingerprint density at radius 1 is 1.31 bits per heavy atom. The second kappa shape index (κ2) is 3.90. The summed E-state index contributed by atoms with van der Waals surface area (Å²) in [6, 6.07) is 10.4. The lowest BCUT2D eigenvalue weighted by Crippen LogP contribution is -2.21. The summed E-state index contributed by atoms with van der Waals surface area (Å²) in [5.74, 6) is 0. The molecular formula is C11H11N2. The highest BCUT2D eigenvalue weighted by Gasteiger charge is 2.01. The average molecular weight is 171 g/mol. The Labute approximate surface area is 78.2 Å². The maximum absolute atomic E-state index is 3.97. The highest BCUT2D eigenvalue weighted by molar-refractivity contribution is 5.61. The molecule has 2 nitrogen and oxygen atoms in total. The normalized spacial score (nSPS) is 14.9. The molecule has 2 heteroatoms. The molecule has 0 spiro atoms. The summed E-state index contributed by atoms with van der Waals surface area (Å²) >= 11 is 0. The molecule has 2 rings (SSSR count). The van der Waals surface area contributed by atoms with Crippen LogP contribution in [0.4, 0.5) is 0 Å². The molecule has 0 bridgehead atoms. The molecule has 0 atom stereocenters. The van der Waals surface area contributed by atoms with Crippen molar-refractivity contribution in [1.82, 2.24) is 4.90 Å². The van der Waals surface area contributed by atoms with E-state index in [2.05, 4.69) is 40.4 Å². The second-order valence-electron chi connectivity index (χ2n) is 2.96. The molecule has 65 valence electrons. The number of hydrogen-bond donors (Lipinski definition) is 0. The van der Waals surface area contributed by atoms with Crippen molar-refractivity contribution in [1.29, 1.82) is 0 Å². The molecule has 1 heterocycles. The average Bonchev–Trinajstić information content (AvgIpc) is 2.21. The van der Waals surface area contributed by atoms with E-state index in [1.807, 2.05) is 12.3 Å². The third-order valence-corrected chi connectivity index (χ3v) is 1.94. The minimum atomic E-state index is 0.853. The summed E-state index contributed by atoms with van der Waals surface area (Å²) < 4.78 is 0. The lowest BCUT2D eigenvalue weighted by Gasteiger charge is -2.18. The zero-order valence-corrected chi connectivity index (χ0v) is 7.35. The van der Waals surface area contributed by atoms with Gasteiger partial charge in [-0.1, -0.05) is 30.3 Å². The third kappa shape index (κ3) is 2.18. The van der Waals surface area contributed by atoms with Gasteiger partial charge in [0.05, 0.1) is 18.9 Å². The molecule has 0 amide bonds. The molecule has 13 heavy (non-hydrogen) atoms. The van der Waals surface area contributed by atoms with Gasteiger partial charge in [-0.15, -0.1) is 0 Å². The third-order valence-electron chi connectivity index (χ3n) is 1.94. The Morgan fingerprint density at radius 2 is 2.15 bits per heavy atom. The predicted octanol–water partition coefficient (Wildman–Crippen LogP) is 1.85. The Balaban J connectivity index is 1.99. The first-order chi connectivity index (χ1) is 6.45. The quantitative estimate of drug-likeness (QED) is 0.663. The Hall–Kier alpha value is -1.57. The number of rotatable bonds is 2. The molecule has 1 aromatic carbocycles. The van der Waals surface area contributed by atoms with Crippen molar-refractivity contribution < 1.29 is 0 Å². The minimum absolute atomic E-state index is 0.853. The van der Waals surface area contributed by atoms with Crippen LogP contribution in [0.2, 0.25) is 0 Å². The van der Waals surface area contributed by atoms with Crippen molar-refractivity contribution in [2.45, 2.75) is 6.54 Å². The Morgan fingerprint density at radius 3 is 2.85 bits per heavy atom. The topological polar surface area (TPSA) is 15.6 Å². The van der Waals surface area contributed by atoms with Gasteiger partial charge in [-0.05, 0) is 5.56 Å². The summed E-state index contributed by atoms with van der Waals surface area (Å²) in [6.45, 7) is 1.76. The van der Waals surface area contributed by atoms with Crippen LogP contribution in [0.5, 0.6) is 0 Å². The van der Waals surface area contributed by atoms with Gasteiger partial charge in [0, 0.05) is 12.8 Å². The molecule has 0 aliphatic carbocycles. The van der Waals surface area contributed by atoms with E-state index < -0.39 is 0 Å². The Kier molecular flexibility index (Phi) is 2.41. The van der Waals surface area contributed by atoms with E-state index >= 15 is 0 Å². The molecule has 1 aliphatic heterocycles. The largest absolute Gasteiger partial charge is 0.359 e. The van der Waals surface area contributed by atoms with E-state index in [0.29, 0.717) is 0 Å². The number of nitrogens with zero attached hydrogens (tertiary/aromatic N) is 2. The SMILES string of the molecule is [C]1=CN=CCN1Cc1ccccc1. The summed E-state index contributed by atoms with van der Waals surface area (Å²) in [6.07, 6.45) is 6.67. The second-order valence-corrected chi connectivity index (χ2v) is 2.96. The fraction of sp³-hybridized carbons (Fsp3) is 0.182. The maximum atomic E-state index is 3.97. The molecular weight excluding hydrogens is 160 g/mol.